The highest BCUT2D eigenvalue weighted by molar-refractivity contribution is 5.14. The van der Waals surface area contributed by atoms with E-state index in [1.807, 2.05) is 6.92 Å². The molecule has 10 heavy (non-hydrogen) atoms. The minimum absolute atomic E-state index is 0.463. The Morgan fingerprint density at radius 2 is 2.20 bits per heavy atom. The highest BCUT2D eigenvalue weighted by atomic mass is 16.7. The van der Waals surface area contributed by atoms with Crippen molar-refractivity contribution in [1.82, 2.24) is 5.48 Å². The summed E-state index contributed by atoms with van der Waals surface area (Å²) in [5.74, 6) is 1.04. The molecule has 1 heterocycles. The van der Waals surface area contributed by atoms with Crippen LogP contribution in [0.15, 0.2) is 11.3 Å². The predicted octanol–water partition coefficient (Wildman–Crippen LogP) is 1.98. The van der Waals surface area contributed by atoms with Crippen LogP contribution in [0.25, 0.3) is 0 Å². The Morgan fingerprint density at radius 3 is 2.60 bits per heavy atom. The van der Waals surface area contributed by atoms with Gasteiger partial charge in [-0.3, -0.25) is 0 Å². The highest BCUT2D eigenvalue weighted by Gasteiger charge is 2.19. The average molecular weight is 141 g/mol. The largest absolute Gasteiger partial charge is 0.413 e. The molecule has 0 aliphatic carbocycles. The number of rotatable bonds is 2. The van der Waals surface area contributed by atoms with Gasteiger partial charge in [0.2, 0.25) is 0 Å². The fourth-order valence-corrected chi connectivity index (χ4v) is 1.14. The van der Waals surface area contributed by atoms with Gasteiger partial charge in [0.25, 0.3) is 0 Å². The maximum absolute atomic E-state index is 5.16. The van der Waals surface area contributed by atoms with Crippen LogP contribution in [0.4, 0.5) is 0 Å². The van der Waals surface area contributed by atoms with Crippen molar-refractivity contribution in [3.63, 3.8) is 0 Å². The Hall–Kier alpha value is -0.500. The van der Waals surface area contributed by atoms with Gasteiger partial charge >= 0.3 is 0 Å². The summed E-state index contributed by atoms with van der Waals surface area (Å²) >= 11 is 0. The van der Waals surface area contributed by atoms with Gasteiger partial charge in [0, 0.05) is 0 Å². The van der Waals surface area contributed by atoms with Crippen molar-refractivity contribution in [3.8, 4) is 0 Å². The molecule has 0 spiro atoms. The quantitative estimate of drug-likeness (QED) is 0.635. The molecule has 0 fully saturated rings. The van der Waals surface area contributed by atoms with E-state index < -0.39 is 0 Å². The normalized spacial score (nSPS) is 25.3. The summed E-state index contributed by atoms with van der Waals surface area (Å²) in [6.45, 7) is 6.30. The van der Waals surface area contributed by atoms with Gasteiger partial charge < -0.3 is 4.84 Å². The van der Waals surface area contributed by atoms with Crippen LogP contribution in [0, 0.1) is 0 Å². The topological polar surface area (TPSA) is 21.3 Å². The van der Waals surface area contributed by atoms with E-state index in [1.54, 1.807) is 0 Å². The standard InChI is InChI=1S/C8H15NO/c1-4-5-8-6(2)7(3)10-9-8/h8-9H,4-5H2,1-3H3. The maximum atomic E-state index is 5.16. The molecule has 0 aromatic heterocycles. The van der Waals surface area contributed by atoms with Crippen LogP contribution in [-0.4, -0.2) is 6.04 Å². The molecule has 1 N–H and O–H groups in total. The average Bonchev–Trinajstić information content (AvgIpc) is 2.20. The summed E-state index contributed by atoms with van der Waals surface area (Å²) in [7, 11) is 0. The lowest BCUT2D eigenvalue weighted by Crippen LogP contribution is -2.22. The molecule has 1 atom stereocenters. The van der Waals surface area contributed by atoms with Gasteiger partial charge in [-0.2, -0.15) is 0 Å². The molecule has 1 aliphatic rings. The SMILES string of the molecule is CCCC1NOC(C)=C1C. The molecule has 1 aliphatic heterocycles. The fraction of sp³-hybridized carbons (Fsp3) is 0.750. The first-order chi connectivity index (χ1) is 4.75. The molecule has 0 aromatic rings. The van der Waals surface area contributed by atoms with Crippen LogP contribution in [0.1, 0.15) is 33.6 Å². The van der Waals surface area contributed by atoms with E-state index in [0.29, 0.717) is 6.04 Å². The summed E-state index contributed by atoms with van der Waals surface area (Å²) in [6.07, 6.45) is 2.37. The van der Waals surface area contributed by atoms with E-state index >= 15 is 0 Å². The van der Waals surface area contributed by atoms with Gasteiger partial charge in [-0.05, 0) is 25.8 Å². The molecule has 58 valence electrons. The van der Waals surface area contributed by atoms with Crippen molar-refractivity contribution in [1.29, 1.82) is 0 Å². The van der Waals surface area contributed by atoms with Crippen molar-refractivity contribution >= 4 is 0 Å². The van der Waals surface area contributed by atoms with E-state index in [0.717, 1.165) is 5.76 Å². The van der Waals surface area contributed by atoms with Crippen molar-refractivity contribution < 1.29 is 4.84 Å². The molecule has 2 heteroatoms. The number of nitrogens with one attached hydrogen (secondary N) is 1. The number of hydroxylamine groups is 1. The predicted molar refractivity (Wildman–Crippen MR) is 41.3 cm³/mol. The van der Waals surface area contributed by atoms with E-state index in [9.17, 15) is 0 Å². The van der Waals surface area contributed by atoms with Gasteiger partial charge in [0.1, 0.15) is 5.76 Å². The number of hydrogen-bond acceptors (Lipinski definition) is 2. The minimum atomic E-state index is 0.463. The molecule has 2 nitrogen and oxygen atoms in total. The van der Waals surface area contributed by atoms with Crippen LogP contribution < -0.4 is 5.48 Å². The number of hydrogen-bond donors (Lipinski definition) is 1. The lowest BCUT2D eigenvalue weighted by atomic mass is 10.1. The first kappa shape index (κ1) is 7.61. The summed E-state index contributed by atoms with van der Waals surface area (Å²) in [5.41, 5.74) is 4.33. The van der Waals surface area contributed by atoms with Crippen molar-refractivity contribution in [2.24, 2.45) is 0 Å². The van der Waals surface area contributed by atoms with Gasteiger partial charge in [-0.15, -0.1) is 5.48 Å². The Bertz CT molecular complexity index is 151. The Balaban J connectivity index is 2.50. The minimum Gasteiger partial charge on any atom is -0.413 e. The maximum Gasteiger partial charge on any atom is 0.121 e. The van der Waals surface area contributed by atoms with Crippen LogP contribution in [0.2, 0.25) is 0 Å². The first-order valence-corrected chi connectivity index (χ1v) is 3.85. The summed E-state index contributed by atoms with van der Waals surface area (Å²) < 4.78 is 0. The zero-order valence-electron chi connectivity index (χ0n) is 6.90. The third-order valence-corrected chi connectivity index (χ3v) is 2.01. The smallest absolute Gasteiger partial charge is 0.121 e. The molecule has 1 rings (SSSR count). The van der Waals surface area contributed by atoms with Crippen LogP contribution in [0.3, 0.4) is 0 Å². The molecule has 0 bridgehead atoms. The van der Waals surface area contributed by atoms with Gasteiger partial charge in [0.15, 0.2) is 0 Å². The second kappa shape index (κ2) is 3.06. The second-order valence-electron chi connectivity index (χ2n) is 2.80. The van der Waals surface area contributed by atoms with Crippen LogP contribution >= 0.6 is 0 Å². The van der Waals surface area contributed by atoms with Crippen LogP contribution in [0.5, 0.6) is 0 Å². The molecule has 0 aromatic carbocycles. The Kier molecular flexibility index (Phi) is 2.33. The third-order valence-electron chi connectivity index (χ3n) is 2.01. The van der Waals surface area contributed by atoms with Crippen molar-refractivity contribution in [2.45, 2.75) is 39.7 Å². The first-order valence-electron chi connectivity index (χ1n) is 3.85. The molecule has 0 saturated heterocycles. The number of allylic oxidation sites excluding steroid dienone is 1. The monoisotopic (exact) mass is 141 g/mol. The lowest BCUT2D eigenvalue weighted by molar-refractivity contribution is 0.115. The van der Waals surface area contributed by atoms with Crippen molar-refractivity contribution in [3.05, 3.63) is 11.3 Å². The third kappa shape index (κ3) is 1.32. The Labute approximate surface area is 62.2 Å². The molecule has 1 unspecified atom stereocenters. The molecular formula is C8H15NO. The fourth-order valence-electron chi connectivity index (χ4n) is 1.14. The summed E-state index contributed by atoms with van der Waals surface area (Å²) in [4.78, 5) is 5.16. The zero-order chi connectivity index (χ0) is 7.56. The highest BCUT2D eigenvalue weighted by Crippen LogP contribution is 2.19. The van der Waals surface area contributed by atoms with E-state index in [1.165, 1.54) is 18.4 Å². The molecule has 0 amide bonds. The van der Waals surface area contributed by atoms with E-state index in [2.05, 4.69) is 19.3 Å². The van der Waals surface area contributed by atoms with Crippen molar-refractivity contribution in [2.75, 3.05) is 0 Å². The van der Waals surface area contributed by atoms with Gasteiger partial charge in [0.05, 0.1) is 6.04 Å². The second-order valence-corrected chi connectivity index (χ2v) is 2.80. The van der Waals surface area contributed by atoms with Gasteiger partial charge in [-0.1, -0.05) is 13.3 Å². The Morgan fingerprint density at radius 1 is 1.50 bits per heavy atom. The lowest BCUT2D eigenvalue weighted by Gasteiger charge is -2.06. The summed E-state index contributed by atoms with van der Waals surface area (Å²) in [5, 5.41) is 0. The molecular weight excluding hydrogens is 126 g/mol. The molecule has 0 radical (unpaired) electrons. The van der Waals surface area contributed by atoms with E-state index in [-0.39, 0.29) is 0 Å². The molecule has 0 saturated carbocycles. The van der Waals surface area contributed by atoms with Crippen LogP contribution in [-0.2, 0) is 4.84 Å². The zero-order valence-corrected chi connectivity index (χ0v) is 6.90. The van der Waals surface area contributed by atoms with Gasteiger partial charge in [-0.25, -0.2) is 0 Å². The summed E-state index contributed by atoms with van der Waals surface area (Å²) in [6, 6.07) is 0.463. The van der Waals surface area contributed by atoms with E-state index in [4.69, 9.17) is 4.84 Å².